The van der Waals surface area contributed by atoms with E-state index in [2.05, 4.69) is 5.32 Å². The second-order valence-electron chi connectivity index (χ2n) is 4.89. The number of hydrogen-bond acceptors (Lipinski definition) is 4. The molecular formula is C15H13FN3OS. The SMILES string of the molecule is Nc1ccc2c(c1)SC(N)(CC(=O)c1ccc(F)cc1)[N]2. The Hall–Kier alpha value is -2.05. The second kappa shape index (κ2) is 5.05. The third-order valence-electron chi connectivity index (χ3n) is 3.16. The van der Waals surface area contributed by atoms with E-state index in [-0.39, 0.29) is 18.0 Å². The normalized spacial score (nSPS) is 19.9. The maximum atomic E-state index is 12.9. The van der Waals surface area contributed by atoms with Gasteiger partial charge in [0.15, 0.2) is 10.8 Å². The lowest BCUT2D eigenvalue weighted by molar-refractivity contribution is 0.0966. The van der Waals surface area contributed by atoms with Crippen LogP contribution in [0.25, 0.3) is 0 Å². The van der Waals surface area contributed by atoms with Crippen molar-refractivity contribution in [2.45, 2.75) is 16.3 Å². The molecule has 4 nitrogen and oxygen atoms in total. The number of carbonyl (C=O) groups is 1. The van der Waals surface area contributed by atoms with Gasteiger partial charge >= 0.3 is 0 Å². The number of carbonyl (C=O) groups excluding carboxylic acids is 1. The third-order valence-corrected chi connectivity index (χ3v) is 4.30. The lowest BCUT2D eigenvalue weighted by Gasteiger charge is -2.20. The number of fused-ring (bicyclic) bond motifs is 1. The van der Waals surface area contributed by atoms with Crippen LogP contribution in [0.5, 0.6) is 0 Å². The molecule has 0 aliphatic carbocycles. The minimum Gasteiger partial charge on any atom is -0.399 e. The van der Waals surface area contributed by atoms with Crippen molar-refractivity contribution in [3.8, 4) is 0 Å². The van der Waals surface area contributed by atoms with Crippen LogP contribution in [-0.4, -0.2) is 10.8 Å². The van der Waals surface area contributed by atoms with Crippen molar-refractivity contribution in [2.75, 3.05) is 5.73 Å². The molecule has 1 aliphatic heterocycles. The number of Topliss-reactive ketones (excluding diaryl/α,β-unsaturated/α-hetero) is 1. The quantitative estimate of drug-likeness (QED) is 0.674. The molecule has 1 heterocycles. The molecule has 1 radical (unpaired) electrons. The van der Waals surface area contributed by atoms with Crippen LogP contribution in [-0.2, 0) is 0 Å². The molecule has 3 rings (SSSR count). The summed E-state index contributed by atoms with van der Waals surface area (Å²) in [6, 6.07) is 10.7. The topological polar surface area (TPSA) is 83.2 Å². The van der Waals surface area contributed by atoms with Crippen molar-refractivity contribution in [3.63, 3.8) is 0 Å². The molecule has 1 aliphatic rings. The number of halogens is 1. The molecule has 2 aromatic rings. The van der Waals surface area contributed by atoms with Gasteiger partial charge in [0, 0.05) is 16.1 Å². The van der Waals surface area contributed by atoms with Crippen molar-refractivity contribution < 1.29 is 9.18 Å². The summed E-state index contributed by atoms with van der Waals surface area (Å²) in [5.74, 6) is -0.550. The zero-order valence-corrected chi connectivity index (χ0v) is 11.9. The standard InChI is InChI=1S/C15H13FN3OS/c16-10-3-1-9(2-4-10)13(20)8-15(18)19-12-6-5-11(17)7-14(12)21-15/h1-7H,8,17-18H2. The molecule has 0 spiro atoms. The average molecular weight is 302 g/mol. The summed E-state index contributed by atoms with van der Waals surface area (Å²) >= 11 is 1.31. The Kier molecular flexibility index (Phi) is 3.35. The molecule has 21 heavy (non-hydrogen) atoms. The first-order chi connectivity index (χ1) is 9.95. The molecule has 0 aromatic heterocycles. The highest BCUT2D eigenvalue weighted by atomic mass is 32.2. The van der Waals surface area contributed by atoms with E-state index < -0.39 is 4.99 Å². The van der Waals surface area contributed by atoms with Gasteiger partial charge in [0.25, 0.3) is 0 Å². The molecule has 2 aromatic carbocycles. The van der Waals surface area contributed by atoms with Gasteiger partial charge in [0.2, 0.25) is 0 Å². The van der Waals surface area contributed by atoms with Crippen molar-refractivity contribution in [3.05, 3.63) is 53.8 Å². The largest absolute Gasteiger partial charge is 0.399 e. The Morgan fingerprint density at radius 3 is 2.67 bits per heavy atom. The Morgan fingerprint density at radius 1 is 1.24 bits per heavy atom. The first-order valence-electron chi connectivity index (χ1n) is 6.34. The highest BCUT2D eigenvalue weighted by Gasteiger charge is 2.38. The zero-order valence-electron chi connectivity index (χ0n) is 11.0. The smallest absolute Gasteiger partial charge is 0.167 e. The van der Waals surface area contributed by atoms with Gasteiger partial charge in [-0.2, -0.15) is 0 Å². The summed E-state index contributed by atoms with van der Waals surface area (Å²) in [6.07, 6.45) is 0.0396. The monoisotopic (exact) mass is 302 g/mol. The highest BCUT2D eigenvalue weighted by Crippen LogP contribution is 2.45. The van der Waals surface area contributed by atoms with Crippen LogP contribution in [0.15, 0.2) is 47.4 Å². The van der Waals surface area contributed by atoms with E-state index in [4.69, 9.17) is 11.5 Å². The number of anilines is 1. The predicted octanol–water partition coefficient (Wildman–Crippen LogP) is 2.64. The van der Waals surface area contributed by atoms with Gasteiger partial charge in [-0.25, -0.2) is 4.39 Å². The fourth-order valence-electron chi connectivity index (χ4n) is 2.17. The van der Waals surface area contributed by atoms with Gasteiger partial charge < -0.3 is 5.73 Å². The van der Waals surface area contributed by atoms with Crippen LogP contribution >= 0.6 is 11.8 Å². The zero-order chi connectivity index (χ0) is 15.0. The predicted molar refractivity (Wildman–Crippen MR) is 80.8 cm³/mol. The summed E-state index contributed by atoms with van der Waals surface area (Å²) in [5.41, 5.74) is 13.7. The van der Waals surface area contributed by atoms with Crippen molar-refractivity contribution in [2.24, 2.45) is 5.73 Å². The second-order valence-corrected chi connectivity index (χ2v) is 6.24. The van der Waals surface area contributed by atoms with E-state index in [1.54, 1.807) is 18.2 Å². The first kappa shape index (κ1) is 13.9. The third kappa shape index (κ3) is 2.86. The summed E-state index contributed by atoms with van der Waals surface area (Å²) in [4.78, 5) is 12.1. The molecule has 4 N–H and O–H groups in total. The van der Waals surface area contributed by atoms with E-state index in [0.29, 0.717) is 11.3 Å². The number of thioether (sulfide) groups is 1. The summed E-state index contributed by atoms with van der Waals surface area (Å²) in [5, 5.41) is 4.40. The van der Waals surface area contributed by atoms with Gasteiger partial charge in [0.1, 0.15) is 5.82 Å². The molecular weight excluding hydrogens is 289 g/mol. The Labute approximate surface area is 125 Å². The number of nitrogens with zero attached hydrogens (tertiary/aromatic N) is 1. The van der Waals surface area contributed by atoms with Crippen LogP contribution in [0.1, 0.15) is 16.8 Å². The van der Waals surface area contributed by atoms with Crippen molar-refractivity contribution >= 4 is 28.9 Å². The van der Waals surface area contributed by atoms with E-state index in [0.717, 1.165) is 10.6 Å². The van der Waals surface area contributed by atoms with E-state index in [1.165, 1.54) is 36.0 Å². The summed E-state index contributed by atoms with van der Waals surface area (Å²) in [6.45, 7) is 0. The van der Waals surface area contributed by atoms with Crippen LogP contribution < -0.4 is 16.8 Å². The fraction of sp³-hybridized carbons (Fsp3) is 0.133. The lowest BCUT2D eigenvalue weighted by Crippen LogP contribution is -2.42. The molecule has 0 saturated carbocycles. The lowest BCUT2D eigenvalue weighted by atomic mass is 10.1. The summed E-state index contributed by atoms with van der Waals surface area (Å²) < 4.78 is 12.9. The van der Waals surface area contributed by atoms with Gasteiger partial charge in [-0.05, 0) is 42.5 Å². The van der Waals surface area contributed by atoms with Gasteiger partial charge in [-0.1, -0.05) is 11.8 Å². The van der Waals surface area contributed by atoms with Crippen molar-refractivity contribution in [1.29, 1.82) is 0 Å². The van der Waals surface area contributed by atoms with Crippen LogP contribution in [0.4, 0.5) is 15.8 Å². The van der Waals surface area contributed by atoms with E-state index in [1.807, 2.05) is 0 Å². The number of hydrogen-bond donors (Lipinski definition) is 2. The number of nitrogens with two attached hydrogens (primary N) is 2. The highest BCUT2D eigenvalue weighted by molar-refractivity contribution is 8.01. The van der Waals surface area contributed by atoms with Crippen LogP contribution in [0, 0.1) is 5.82 Å². The molecule has 0 fully saturated rings. The number of nitrogen functional groups attached to an aromatic ring is 1. The molecule has 6 heteroatoms. The van der Waals surface area contributed by atoms with Gasteiger partial charge in [0.05, 0.1) is 12.1 Å². The Balaban J connectivity index is 1.76. The fourth-order valence-corrected chi connectivity index (χ4v) is 3.31. The molecule has 1 atom stereocenters. The minimum atomic E-state index is -1.04. The number of benzene rings is 2. The molecule has 0 bridgehead atoms. The Morgan fingerprint density at radius 2 is 1.95 bits per heavy atom. The Bertz CT molecular complexity index is 705. The summed E-state index contributed by atoms with van der Waals surface area (Å²) in [7, 11) is 0. The number of ketones is 1. The van der Waals surface area contributed by atoms with Crippen molar-refractivity contribution in [1.82, 2.24) is 5.32 Å². The maximum Gasteiger partial charge on any atom is 0.167 e. The van der Waals surface area contributed by atoms with Crippen LogP contribution in [0.2, 0.25) is 0 Å². The van der Waals surface area contributed by atoms with Crippen LogP contribution in [0.3, 0.4) is 0 Å². The molecule has 107 valence electrons. The van der Waals surface area contributed by atoms with E-state index in [9.17, 15) is 9.18 Å². The van der Waals surface area contributed by atoms with E-state index >= 15 is 0 Å². The minimum absolute atomic E-state index is 0.0396. The number of rotatable bonds is 3. The van der Waals surface area contributed by atoms with Gasteiger partial charge in [-0.3, -0.25) is 15.8 Å². The van der Waals surface area contributed by atoms with Gasteiger partial charge in [-0.15, -0.1) is 0 Å². The molecule has 1 unspecified atom stereocenters. The molecule has 0 saturated heterocycles. The average Bonchev–Trinajstić information content (AvgIpc) is 2.74. The molecule has 0 amide bonds. The maximum absolute atomic E-state index is 12.9. The first-order valence-corrected chi connectivity index (χ1v) is 7.16.